The Morgan fingerprint density at radius 1 is 1.12 bits per heavy atom. The molecule has 0 amide bonds. The molecule has 1 atom stereocenters. The minimum absolute atomic E-state index is 0.285. The highest BCUT2D eigenvalue weighted by atomic mass is 16.5. The lowest BCUT2D eigenvalue weighted by atomic mass is 9.94. The average Bonchev–Trinajstić information content (AvgIpc) is 2.60. The van der Waals surface area contributed by atoms with Crippen molar-refractivity contribution in [2.24, 2.45) is 0 Å². The van der Waals surface area contributed by atoms with E-state index in [4.69, 9.17) is 9.47 Å². The van der Waals surface area contributed by atoms with Crippen LogP contribution < -0.4 is 15.0 Å². The third-order valence-corrected chi connectivity index (χ3v) is 4.31. The Balaban J connectivity index is 2.42. The van der Waals surface area contributed by atoms with E-state index in [0.29, 0.717) is 6.61 Å². The first kappa shape index (κ1) is 19.6. The molecule has 0 aliphatic heterocycles. The molecular formula is C21H28N2O3. The van der Waals surface area contributed by atoms with Gasteiger partial charge in [-0.2, -0.15) is 0 Å². The van der Waals surface area contributed by atoms with E-state index in [2.05, 4.69) is 22.3 Å². The second-order valence-electron chi connectivity index (χ2n) is 6.45. The van der Waals surface area contributed by atoms with Crippen molar-refractivity contribution in [1.82, 2.24) is 0 Å². The Bertz CT molecular complexity index is 731. The van der Waals surface area contributed by atoms with Gasteiger partial charge in [-0.1, -0.05) is 0 Å². The maximum absolute atomic E-state index is 12.7. The van der Waals surface area contributed by atoms with Gasteiger partial charge in [0, 0.05) is 25.5 Å². The molecule has 0 saturated carbocycles. The normalized spacial score (nSPS) is 11.6. The van der Waals surface area contributed by atoms with E-state index in [9.17, 15) is 4.79 Å². The Kier molecular flexibility index (Phi) is 6.50. The molecule has 140 valence electrons. The smallest absolute Gasteiger partial charge is 0.333 e. The third kappa shape index (κ3) is 4.48. The number of methoxy groups -OCH3 is 1. The van der Waals surface area contributed by atoms with Crippen LogP contribution in [0.25, 0.3) is 0 Å². The van der Waals surface area contributed by atoms with Gasteiger partial charge in [-0.25, -0.2) is 4.79 Å². The van der Waals surface area contributed by atoms with Crippen LogP contribution in [-0.2, 0) is 9.53 Å². The molecule has 0 bridgehead atoms. The first-order valence-electron chi connectivity index (χ1n) is 8.73. The van der Waals surface area contributed by atoms with Crippen LogP contribution in [0.5, 0.6) is 5.75 Å². The third-order valence-electron chi connectivity index (χ3n) is 4.31. The highest BCUT2D eigenvalue weighted by molar-refractivity contribution is 5.82. The van der Waals surface area contributed by atoms with E-state index >= 15 is 0 Å². The predicted octanol–water partition coefficient (Wildman–Crippen LogP) is 4.09. The van der Waals surface area contributed by atoms with Gasteiger partial charge in [0.05, 0.1) is 13.7 Å². The molecule has 0 fully saturated rings. The van der Waals surface area contributed by atoms with Gasteiger partial charge in [-0.05, 0) is 73.9 Å². The first-order chi connectivity index (χ1) is 12.4. The summed E-state index contributed by atoms with van der Waals surface area (Å²) in [7, 11) is 5.64. The van der Waals surface area contributed by atoms with Crippen molar-refractivity contribution in [1.29, 1.82) is 0 Å². The zero-order valence-electron chi connectivity index (χ0n) is 16.4. The molecule has 0 radical (unpaired) electrons. The summed E-state index contributed by atoms with van der Waals surface area (Å²) in [5.74, 6) is 0.484. The van der Waals surface area contributed by atoms with Crippen LogP contribution in [0, 0.1) is 13.8 Å². The van der Waals surface area contributed by atoms with Crippen molar-refractivity contribution in [2.75, 3.05) is 38.0 Å². The minimum Gasteiger partial charge on any atom is -0.497 e. The fraction of sp³-hybridized carbons (Fsp3) is 0.381. The SMILES string of the molecule is CCOC(=O)C(Nc1ccc(OC)cc1)c1c(C)cc(N(C)C)cc1C. The van der Waals surface area contributed by atoms with Crippen LogP contribution in [0.3, 0.4) is 0 Å². The standard InChI is InChI=1S/C21H28N2O3/c1-7-26-21(24)20(22-16-8-10-18(25-6)11-9-16)19-14(2)12-17(23(4)5)13-15(19)3/h8-13,20,22H,7H2,1-6H3. The van der Waals surface area contributed by atoms with Gasteiger partial charge in [0.15, 0.2) is 6.04 Å². The summed E-state index contributed by atoms with van der Waals surface area (Å²) in [6, 6.07) is 11.1. The molecule has 0 aliphatic carbocycles. The summed E-state index contributed by atoms with van der Waals surface area (Å²) < 4.78 is 10.5. The van der Waals surface area contributed by atoms with Crippen molar-refractivity contribution < 1.29 is 14.3 Å². The van der Waals surface area contributed by atoms with Crippen molar-refractivity contribution >= 4 is 17.3 Å². The van der Waals surface area contributed by atoms with E-state index in [-0.39, 0.29) is 5.97 Å². The zero-order chi connectivity index (χ0) is 19.3. The number of benzene rings is 2. The van der Waals surface area contributed by atoms with Gasteiger partial charge in [0.2, 0.25) is 0 Å². The van der Waals surface area contributed by atoms with Crippen molar-refractivity contribution in [3.05, 3.63) is 53.1 Å². The van der Waals surface area contributed by atoms with Crippen LogP contribution in [0.2, 0.25) is 0 Å². The quantitative estimate of drug-likeness (QED) is 0.757. The lowest BCUT2D eigenvalue weighted by molar-refractivity contribution is -0.144. The molecule has 2 aromatic rings. The van der Waals surface area contributed by atoms with Crippen LogP contribution >= 0.6 is 0 Å². The number of nitrogens with zero attached hydrogens (tertiary/aromatic N) is 1. The average molecular weight is 356 g/mol. The first-order valence-corrected chi connectivity index (χ1v) is 8.73. The second-order valence-corrected chi connectivity index (χ2v) is 6.45. The molecule has 1 unspecified atom stereocenters. The van der Waals surface area contributed by atoms with Crippen molar-refractivity contribution in [3.8, 4) is 5.75 Å². The lowest BCUT2D eigenvalue weighted by Crippen LogP contribution is -2.25. The van der Waals surface area contributed by atoms with Crippen molar-refractivity contribution in [2.45, 2.75) is 26.8 Å². The fourth-order valence-corrected chi connectivity index (χ4v) is 2.99. The molecule has 0 saturated heterocycles. The number of carbonyl (C=O) groups is 1. The molecule has 0 spiro atoms. The van der Waals surface area contributed by atoms with E-state index in [1.54, 1.807) is 7.11 Å². The van der Waals surface area contributed by atoms with Gasteiger partial charge in [0.25, 0.3) is 0 Å². The van der Waals surface area contributed by atoms with E-state index in [1.807, 2.05) is 59.1 Å². The highest BCUT2D eigenvalue weighted by Crippen LogP contribution is 2.31. The number of ether oxygens (including phenoxy) is 2. The predicted molar refractivity (Wildman–Crippen MR) is 106 cm³/mol. The number of hydrogen-bond acceptors (Lipinski definition) is 5. The Morgan fingerprint density at radius 3 is 2.15 bits per heavy atom. The number of nitrogens with one attached hydrogen (secondary N) is 1. The molecular weight excluding hydrogens is 328 g/mol. The highest BCUT2D eigenvalue weighted by Gasteiger charge is 2.26. The summed E-state index contributed by atoms with van der Waals surface area (Å²) in [6.45, 7) is 6.21. The molecule has 2 aromatic carbocycles. The van der Waals surface area contributed by atoms with Gasteiger partial charge in [0.1, 0.15) is 5.75 Å². The Hall–Kier alpha value is -2.69. The second kappa shape index (κ2) is 8.61. The van der Waals surface area contributed by atoms with Crippen LogP contribution in [-0.4, -0.2) is 33.8 Å². The number of anilines is 2. The fourth-order valence-electron chi connectivity index (χ4n) is 2.99. The monoisotopic (exact) mass is 356 g/mol. The largest absolute Gasteiger partial charge is 0.497 e. The number of hydrogen-bond donors (Lipinski definition) is 1. The van der Waals surface area contributed by atoms with Crippen LogP contribution in [0.4, 0.5) is 11.4 Å². The topological polar surface area (TPSA) is 50.8 Å². The van der Waals surface area contributed by atoms with E-state index < -0.39 is 6.04 Å². The Morgan fingerprint density at radius 2 is 1.69 bits per heavy atom. The number of aryl methyl sites for hydroxylation is 2. The summed E-state index contributed by atoms with van der Waals surface area (Å²) in [5.41, 5.74) is 4.99. The van der Waals surface area contributed by atoms with Crippen LogP contribution in [0.1, 0.15) is 29.7 Å². The summed E-state index contributed by atoms with van der Waals surface area (Å²) in [5, 5.41) is 3.32. The molecule has 5 heteroatoms. The van der Waals surface area contributed by atoms with Gasteiger partial charge in [-0.15, -0.1) is 0 Å². The molecule has 0 heterocycles. The summed E-state index contributed by atoms with van der Waals surface area (Å²) in [4.78, 5) is 14.7. The maximum atomic E-state index is 12.7. The van der Waals surface area contributed by atoms with E-state index in [0.717, 1.165) is 33.8 Å². The molecule has 1 N–H and O–H groups in total. The molecule has 0 aromatic heterocycles. The number of rotatable bonds is 7. The molecule has 26 heavy (non-hydrogen) atoms. The summed E-state index contributed by atoms with van der Waals surface area (Å²) >= 11 is 0. The Labute approximate surface area is 155 Å². The van der Waals surface area contributed by atoms with E-state index in [1.165, 1.54) is 0 Å². The van der Waals surface area contributed by atoms with Crippen LogP contribution in [0.15, 0.2) is 36.4 Å². The lowest BCUT2D eigenvalue weighted by Gasteiger charge is -2.24. The maximum Gasteiger partial charge on any atom is 0.333 e. The van der Waals surface area contributed by atoms with Gasteiger partial charge < -0.3 is 19.7 Å². The minimum atomic E-state index is -0.570. The molecule has 0 aliphatic rings. The summed E-state index contributed by atoms with van der Waals surface area (Å²) in [6.07, 6.45) is 0. The van der Waals surface area contributed by atoms with Gasteiger partial charge >= 0.3 is 5.97 Å². The zero-order valence-corrected chi connectivity index (χ0v) is 16.4. The molecule has 2 rings (SSSR count). The van der Waals surface area contributed by atoms with Crippen molar-refractivity contribution in [3.63, 3.8) is 0 Å². The number of esters is 1. The van der Waals surface area contributed by atoms with Gasteiger partial charge in [-0.3, -0.25) is 0 Å². The number of carbonyl (C=O) groups excluding carboxylic acids is 1. The molecule has 5 nitrogen and oxygen atoms in total.